The third-order valence-corrected chi connectivity index (χ3v) is 4.90. The van der Waals surface area contributed by atoms with E-state index >= 15 is 0 Å². The Balaban J connectivity index is 1.63. The molecule has 0 aliphatic carbocycles. The van der Waals surface area contributed by atoms with Gasteiger partial charge in [0.25, 0.3) is 0 Å². The van der Waals surface area contributed by atoms with Gasteiger partial charge in [-0.2, -0.15) is 0 Å². The van der Waals surface area contributed by atoms with Crippen molar-refractivity contribution in [3.05, 3.63) is 56.6 Å². The Morgan fingerprint density at radius 3 is 2.35 bits per heavy atom. The Kier molecular flexibility index (Phi) is 5.22. The van der Waals surface area contributed by atoms with Crippen LogP contribution >= 0.6 is 22.7 Å². The molecule has 1 amide bonds. The molecule has 3 aromatic rings. The fourth-order valence-electron chi connectivity index (χ4n) is 2.22. The molecule has 0 spiro atoms. The third-order valence-electron chi connectivity index (χ3n) is 3.18. The van der Waals surface area contributed by atoms with E-state index in [1.165, 1.54) is 9.75 Å². The number of rotatable bonds is 7. The van der Waals surface area contributed by atoms with Crippen molar-refractivity contribution in [1.29, 1.82) is 0 Å². The van der Waals surface area contributed by atoms with Gasteiger partial charge in [-0.25, -0.2) is 0 Å². The van der Waals surface area contributed by atoms with Crippen molar-refractivity contribution < 1.29 is 9.32 Å². The topological polar surface area (TPSA) is 58.4 Å². The maximum Gasteiger partial charge on any atom is 0.239 e. The van der Waals surface area contributed by atoms with Gasteiger partial charge in [-0.05, 0) is 29.8 Å². The molecule has 0 aromatic carbocycles. The number of carbonyl (C=O) groups is 1. The number of anilines is 1. The second-order valence-corrected chi connectivity index (χ2v) is 7.24. The van der Waals surface area contributed by atoms with Gasteiger partial charge in [-0.3, -0.25) is 9.69 Å². The lowest BCUT2D eigenvalue weighted by Crippen LogP contribution is -2.32. The number of aromatic nitrogens is 1. The van der Waals surface area contributed by atoms with E-state index in [2.05, 4.69) is 38.3 Å². The van der Waals surface area contributed by atoms with Crippen molar-refractivity contribution in [2.24, 2.45) is 0 Å². The Morgan fingerprint density at radius 1 is 1.22 bits per heavy atom. The molecule has 0 aliphatic heterocycles. The number of hydrogen-bond donors (Lipinski definition) is 1. The van der Waals surface area contributed by atoms with Crippen LogP contribution in [0, 0.1) is 6.92 Å². The molecule has 23 heavy (non-hydrogen) atoms. The van der Waals surface area contributed by atoms with E-state index in [1.807, 2.05) is 12.1 Å². The number of nitrogens with zero attached hydrogens (tertiary/aromatic N) is 2. The van der Waals surface area contributed by atoms with Gasteiger partial charge in [0, 0.05) is 28.9 Å². The molecule has 0 bridgehead atoms. The number of aryl methyl sites for hydroxylation is 1. The van der Waals surface area contributed by atoms with Gasteiger partial charge in [-0.15, -0.1) is 22.7 Å². The van der Waals surface area contributed by atoms with E-state index in [-0.39, 0.29) is 5.91 Å². The first-order valence-corrected chi connectivity index (χ1v) is 8.95. The highest BCUT2D eigenvalue weighted by atomic mass is 32.1. The fraction of sp³-hybridized carbons (Fsp3) is 0.250. The van der Waals surface area contributed by atoms with Gasteiger partial charge in [0.2, 0.25) is 5.91 Å². The van der Waals surface area contributed by atoms with Gasteiger partial charge >= 0.3 is 0 Å². The summed E-state index contributed by atoms with van der Waals surface area (Å²) in [5.74, 6) is 1.04. The molecular formula is C16H17N3O2S2. The molecule has 0 saturated heterocycles. The predicted octanol–water partition coefficient (Wildman–Crippen LogP) is 3.75. The summed E-state index contributed by atoms with van der Waals surface area (Å²) in [5, 5.41) is 10.7. The molecule has 0 saturated carbocycles. The van der Waals surface area contributed by atoms with Crippen LogP contribution in [0.2, 0.25) is 0 Å². The van der Waals surface area contributed by atoms with Gasteiger partial charge in [0.15, 0.2) is 5.82 Å². The molecule has 120 valence electrons. The zero-order chi connectivity index (χ0) is 16.1. The molecule has 5 nitrogen and oxygen atoms in total. The molecule has 0 atom stereocenters. The van der Waals surface area contributed by atoms with E-state index in [9.17, 15) is 4.79 Å². The second-order valence-electron chi connectivity index (χ2n) is 5.17. The minimum atomic E-state index is -0.0913. The number of thiophene rings is 2. The maximum atomic E-state index is 12.3. The lowest BCUT2D eigenvalue weighted by molar-refractivity contribution is -0.117. The van der Waals surface area contributed by atoms with Gasteiger partial charge in [0.1, 0.15) is 5.76 Å². The first kappa shape index (κ1) is 15.9. The summed E-state index contributed by atoms with van der Waals surface area (Å²) in [6.45, 7) is 3.60. The van der Waals surface area contributed by atoms with Crippen molar-refractivity contribution in [2.45, 2.75) is 20.0 Å². The number of hydrogen-bond acceptors (Lipinski definition) is 6. The molecular weight excluding hydrogens is 330 g/mol. The minimum Gasteiger partial charge on any atom is -0.360 e. The quantitative estimate of drug-likeness (QED) is 0.707. The largest absolute Gasteiger partial charge is 0.360 e. The highest BCUT2D eigenvalue weighted by molar-refractivity contribution is 7.10. The summed E-state index contributed by atoms with van der Waals surface area (Å²) in [5.41, 5.74) is 0. The summed E-state index contributed by atoms with van der Waals surface area (Å²) in [6, 6.07) is 9.94. The molecule has 0 unspecified atom stereocenters. The summed E-state index contributed by atoms with van der Waals surface area (Å²) >= 11 is 3.40. The van der Waals surface area contributed by atoms with E-state index in [0.717, 1.165) is 13.1 Å². The van der Waals surface area contributed by atoms with Crippen molar-refractivity contribution >= 4 is 34.4 Å². The van der Waals surface area contributed by atoms with Crippen LogP contribution in [-0.2, 0) is 17.9 Å². The average Bonchev–Trinajstić information content (AvgIpc) is 3.23. The van der Waals surface area contributed by atoms with Crippen molar-refractivity contribution in [3.63, 3.8) is 0 Å². The Morgan fingerprint density at radius 2 is 1.87 bits per heavy atom. The zero-order valence-corrected chi connectivity index (χ0v) is 14.3. The molecule has 1 N–H and O–H groups in total. The van der Waals surface area contributed by atoms with E-state index in [1.54, 1.807) is 35.7 Å². The smallest absolute Gasteiger partial charge is 0.239 e. The van der Waals surface area contributed by atoms with E-state index < -0.39 is 0 Å². The van der Waals surface area contributed by atoms with Crippen molar-refractivity contribution in [1.82, 2.24) is 10.1 Å². The van der Waals surface area contributed by atoms with Crippen LogP contribution < -0.4 is 5.32 Å². The second kappa shape index (κ2) is 7.54. The summed E-state index contributed by atoms with van der Waals surface area (Å²) in [7, 11) is 0. The molecule has 0 radical (unpaired) electrons. The highest BCUT2D eigenvalue weighted by Gasteiger charge is 2.14. The van der Waals surface area contributed by atoms with Gasteiger partial charge in [0.05, 0.1) is 6.54 Å². The van der Waals surface area contributed by atoms with Crippen LogP contribution in [0.5, 0.6) is 0 Å². The zero-order valence-electron chi connectivity index (χ0n) is 12.7. The first-order valence-electron chi connectivity index (χ1n) is 7.19. The Bertz CT molecular complexity index is 699. The van der Waals surface area contributed by atoms with Crippen LogP contribution in [0.3, 0.4) is 0 Å². The van der Waals surface area contributed by atoms with Crippen LogP contribution in [0.1, 0.15) is 15.5 Å². The van der Waals surface area contributed by atoms with Crippen LogP contribution in [0.25, 0.3) is 0 Å². The number of amides is 1. The van der Waals surface area contributed by atoms with E-state index in [0.29, 0.717) is 18.1 Å². The maximum absolute atomic E-state index is 12.3. The predicted molar refractivity (Wildman–Crippen MR) is 92.6 cm³/mol. The summed E-state index contributed by atoms with van der Waals surface area (Å²) < 4.78 is 4.97. The fourth-order valence-corrected chi connectivity index (χ4v) is 3.72. The molecule has 3 rings (SSSR count). The Labute approximate surface area is 142 Å². The van der Waals surface area contributed by atoms with Gasteiger partial charge < -0.3 is 9.84 Å². The molecule has 3 heterocycles. The van der Waals surface area contributed by atoms with Crippen molar-refractivity contribution in [2.75, 3.05) is 11.9 Å². The Hall–Kier alpha value is -1.96. The van der Waals surface area contributed by atoms with Crippen LogP contribution in [0.4, 0.5) is 5.82 Å². The number of nitrogens with one attached hydrogen (secondary N) is 1. The van der Waals surface area contributed by atoms with Gasteiger partial charge in [-0.1, -0.05) is 17.3 Å². The minimum absolute atomic E-state index is 0.0913. The number of carbonyl (C=O) groups excluding carboxylic acids is 1. The van der Waals surface area contributed by atoms with Crippen LogP contribution in [-0.4, -0.2) is 22.5 Å². The highest BCUT2D eigenvalue weighted by Crippen LogP contribution is 2.17. The molecule has 0 fully saturated rings. The standard InChI is InChI=1S/C16H17N3O2S2/c1-12-8-15(18-21-12)17-16(20)11-19(9-13-4-2-6-22-13)10-14-5-3-7-23-14/h2-8H,9-11H2,1H3,(H,17,18,20). The molecule has 7 heteroatoms. The third kappa shape index (κ3) is 4.75. The molecule has 3 aromatic heterocycles. The average molecular weight is 347 g/mol. The van der Waals surface area contributed by atoms with E-state index in [4.69, 9.17) is 4.52 Å². The van der Waals surface area contributed by atoms with Crippen LogP contribution in [0.15, 0.2) is 45.6 Å². The monoisotopic (exact) mass is 347 g/mol. The summed E-state index contributed by atoms with van der Waals surface area (Å²) in [6.07, 6.45) is 0. The summed E-state index contributed by atoms with van der Waals surface area (Å²) in [4.78, 5) is 16.9. The lowest BCUT2D eigenvalue weighted by atomic mass is 10.3. The molecule has 0 aliphatic rings. The first-order chi connectivity index (χ1) is 11.2. The lowest BCUT2D eigenvalue weighted by Gasteiger charge is -2.20. The van der Waals surface area contributed by atoms with Crippen molar-refractivity contribution in [3.8, 4) is 0 Å². The SMILES string of the molecule is Cc1cc(NC(=O)CN(Cc2cccs2)Cc2cccs2)no1. The normalized spacial score (nSPS) is 11.0.